The highest BCUT2D eigenvalue weighted by Crippen LogP contribution is 2.13. The number of hydrogen-bond donors (Lipinski definition) is 0. The lowest BCUT2D eigenvalue weighted by atomic mass is 10.0. The average Bonchev–Trinajstić information content (AvgIpc) is 2.29. The highest BCUT2D eigenvalue weighted by Gasteiger charge is 2.24. The summed E-state index contributed by atoms with van der Waals surface area (Å²) in [6.07, 6.45) is 1.47. The SMILES string of the molecule is CCC(C(=O)OCCC(C)OC)C(C)OC. The molecule has 0 rings (SSSR count). The Hall–Kier alpha value is -0.610. The molecule has 0 saturated carbocycles. The van der Waals surface area contributed by atoms with E-state index in [0.717, 1.165) is 12.8 Å². The molecule has 96 valence electrons. The first-order valence-corrected chi connectivity index (χ1v) is 5.79. The second kappa shape index (κ2) is 8.53. The van der Waals surface area contributed by atoms with Gasteiger partial charge in [0.25, 0.3) is 0 Å². The quantitative estimate of drug-likeness (QED) is 0.601. The summed E-state index contributed by atoms with van der Waals surface area (Å²) in [6.45, 7) is 6.19. The third-order valence-corrected chi connectivity index (χ3v) is 2.85. The first kappa shape index (κ1) is 15.4. The van der Waals surface area contributed by atoms with Crippen molar-refractivity contribution in [3.63, 3.8) is 0 Å². The average molecular weight is 232 g/mol. The van der Waals surface area contributed by atoms with Crippen LogP contribution in [-0.2, 0) is 19.0 Å². The molecule has 0 bridgehead atoms. The van der Waals surface area contributed by atoms with Gasteiger partial charge < -0.3 is 14.2 Å². The van der Waals surface area contributed by atoms with Crippen molar-refractivity contribution in [1.82, 2.24) is 0 Å². The van der Waals surface area contributed by atoms with Crippen LogP contribution in [0.4, 0.5) is 0 Å². The van der Waals surface area contributed by atoms with Crippen molar-refractivity contribution in [3.05, 3.63) is 0 Å². The maximum Gasteiger partial charge on any atom is 0.311 e. The molecule has 4 nitrogen and oxygen atoms in total. The molecule has 0 saturated heterocycles. The third-order valence-electron chi connectivity index (χ3n) is 2.85. The molecule has 0 aliphatic heterocycles. The van der Waals surface area contributed by atoms with Crippen LogP contribution in [0.1, 0.15) is 33.6 Å². The standard InChI is InChI=1S/C12H24O4/c1-6-11(10(3)15-5)12(13)16-8-7-9(2)14-4/h9-11H,6-8H2,1-5H3. The van der Waals surface area contributed by atoms with Crippen LogP contribution < -0.4 is 0 Å². The van der Waals surface area contributed by atoms with Crippen LogP contribution in [0.5, 0.6) is 0 Å². The molecule has 0 aromatic rings. The van der Waals surface area contributed by atoms with Gasteiger partial charge in [-0.1, -0.05) is 6.92 Å². The second-order valence-electron chi connectivity index (χ2n) is 3.96. The van der Waals surface area contributed by atoms with Crippen molar-refractivity contribution >= 4 is 5.97 Å². The fraction of sp³-hybridized carbons (Fsp3) is 0.917. The van der Waals surface area contributed by atoms with Gasteiger partial charge in [0.05, 0.1) is 24.7 Å². The van der Waals surface area contributed by atoms with Gasteiger partial charge in [-0.15, -0.1) is 0 Å². The second-order valence-corrected chi connectivity index (χ2v) is 3.96. The predicted molar refractivity (Wildman–Crippen MR) is 62.3 cm³/mol. The minimum Gasteiger partial charge on any atom is -0.465 e. The molecule has 0 amide bonds. The number of ether oxygens (including phenoxy) is 3. The van der Waals surface area contributed by atoms with Gasteiger partial charge in [0.1, 0.15) is 0 Å². The Morgan fingerprint density at radius 3 is 2.25 bits per heavy atom. The molecule has 0 heterocycles. The predicted octanol–water partition coefficient (Wildman–Crippen LogP) is 2.02. The van der Waals surface area contributed by atoms with Crippen molar-refractivity contribution in [2.45, 2.75) is 45.8 Å². The molecule has 0 fully saturated rings. The zero-order chi connectivity index (χ0) is 12.6. The number of esters is 1. The number of rotatable bonds is 8. The van der Waals surface area contributed by atoms with Crippen molar-refractivity contribution in [1.29, 1.82) is 0 Å². The zero-order valence-corrected chi connectivity index (χ0v) is 11.0. The summed E-state index contributed by atoms with van der Waals surface area (Å²) in [5.74, 6) is -0.358. The van der Waals surface area contributed by atoms with E-state index in [0.29, 0.717) is 6.61 Å². The van der Waals surface area contributed by atoms with Crippen LogP contribution in [0.2, 0.25) is 0 Å². The van der Waals surface area contributed by atoms with E-state index < -0.39 is 0 Å². The maximum absolute atomic E-state index is 11.7. The number of hydrogen-bond acceptors (Lipinski definition) is 4. The van der Waals surface area contributed by atoms with E-state index in [4.69, 9.17) is 14.2 Å². The van der Waals surface area contributed by atoms with Crippen LogP contribution in [0.15, 0.2) is 0 Å². The maximum atomic E-state index is 11.7. The molecule has 0 aromatic heterocycles. The van der Waals surface area contributed by atoms with E-state index in [1.165, 1.54) is 0 Å². The molecule has 4 heteroatoms. The van der Waals surface area contributed by atoms with Gasteiger partial charge in [-0.05, 0) is 20.3 Å². The van der Waals surface area contributed by atoms with Gasteiger partial charge in [-0.2, -0.15) is 0 Å². The molecule has 0 N–H and O–H groups in total. The Balaban J connectivity index is 3.93. The van der Waals surface area contributed by atoms with Gasteiger partial charge in [-0.3, -0.25) is 4.79 Å². The molecule has 0 aliphatic carbocycles. The lowest BCUT2D eigenvalue weighted by Crippen LogP contribution is -2.29. The Bertz CT molecular complexity index is 193. The summed E-state index contributed by atoms with van der Waals surface area (Å²) >= 11 is 0. The molecule has 16 heavy (non-hydrogen) atoms. The topological polar surface area (TPSA) is 44.8 Å². The minimum absolute atomic E-state index is 0.0997. The fourth-order valence-corrected chi connectivity index (χ4v) is 1.40. The van der Waals surface area contributed by atoms with E-state index in [2.05, 4.69) is 0 Å². The summed E-state index contributed by atoms with van der Waals surface area (Å²) in [6, 6.07) is 0. The minimum atomic E-state index is -0.180. The van der Waals surface area contributed by atoms with Crippen LogP contribution in [-0.4, -0.2) is 39.0 Å². The Morgan fingerprint density at radius 2 is 1.81 bits per heavy atom. The zero-order valence-electron chi connectivity index (χ0n) is 11.0. The Morgan fingerprint density at radius 1 is 1.19 bits per heavy atom. The van der Waals surface area contributed by atoms with E-state index in [9.17, 15) is 4.79 Å². The van der Waals surface area contributed by atoms with Crippen molar-refractivity contribution in [2.24, 2.45) is 5.92 Å². The molecule has 3 atom stereocenters. The van der Waals surface area contributed by atoms with Gasteiger partial charge in [0.2, 0.25) is 0 Å². The summed E-state index contributed by atoms with van der Waals surface area (Å²) in [7, 11) is 3.25. The molecule has 0 aromatic carbocycles. The van der Waals surface area contributed by atoms with E-state index in [-0.39, 0.29) is 24.1 Å². The smallest absolute Gasteiger partial charge is 0.311 e. The van der Waals surface area contributed by atoms with Crippen LogP contribution in [0, 0.1) is 5.92 Å². The fourth-order valence-electron chi connectivity index (χ4n) is 1.40. The molecule has 0 radical (unpaired) electrons. The lowest BCUT2D eigenvalue weighted by Gasteiger charge is -2.20. The summed E-state index contributed by atoms with van der Waals surface area (Å²) < 4.78 is 15.4. The molecule has 3 unspecified atom stereocenters. The molecule has 0 aliphatic rings. The van der Waals surface area contributed by atoms with Gasteiger partial charge in [0.15, 0.2) is 0 Å². The van der Waals surface area contributed by atoms with Crippen molar-refractivity contribution in [3.8, 4) is 0 Å². The third kappa shape index (κ3) is 5.47. The van der Waals surface area contributed by atoms with Crippen molar-refractivity contribution in [2.75, 3.05) is 20.8 Å². The van der Waals surface area contributed by atoms with E-state index in [1.807, 2.05) is 20.8 Å². The summed E-state index contributed by atoms with van der Waals surface area (Å²) in [5.41, 5.74) is 0. The van der Waals surface area contributed by atoms with E-state index >= 15 is 0 Å². The largest absolute Gasteiger partial charge is 0.465 e. The monoisotopic (exact) mass is 232 g/mol. The van der Waals surface area contributed by atoms with Gasteiger partial charge in [0, 0.05) is 20.6 Å². The van der Waals surface area contributed by atoms with Crippen molar-refractivity contribution < 1.29 is 19.0 Å². The normalized spacial score (nSPS) is 16.6. The van der Waals surface area contributed by atoms with Crippen LogP contribution in [0.25, 0.3) is 0 Å². The van der Waals surface area contributed by atoms with Crippen LogP contribution >= 0.6 is 0 Å². The Kier molecular flexibility index (Phi) is 8.21. The first-order valence-electron chi connectivity index (χ1n) is 5.79. The Labute approximate surface area is 98.3 Å². The number of carbonyl (C=O) groups excluding carboxylic acids is 1. The number of carbonyl (C=O) groups is 1. The molecular formula is C12H24O4. The van der Waals surface area contributed by atoms with Crippen LogP contribution in [0.3, 0.4) is 0 Å². The molecule has 0 spiro atoms. The highest BCUT2D eigenvalue weighted by molar-refractivity contribution is 5.73. The van der Waals surface area contributed by atoms with Gasteiger partial charge in [-0.25, -0.2) is 0 Å². The summed E-state index contributed by atoms with van der Waals surface area (Å²) in [5, 5.41) is 0. The van der Waals surface area contributed by atoms with E-state index in [1.54, 1.807) is 14.2 Å². The lowest BCUT2D eigenvalue weighted by molar-refractivity contribution is -0.153. The highest BCUT2D eigenvalue weighted by atomic mass is 16.5. The summed E-state index contributed by atoms with van der Waals surface area (Å²) in [4.78, 5) is 11.7. The van der Waals surface area contributed by atoms with Gasteiger partial charge >= 0.3 is 5.97 Å². The first-order chi connectivity index (χ1) is 7.56. The number of methoxy groups -OCH3 is 2. The molecular weight excluding hydrogens is 208 g/mol.